The van der Waals surface area contributed by atoms with Gasteiger partial charge in [0.1, 0.15) is 0 Å². The van der Waals surface area contributed by atoms with Crippen LogP contribution in [-0.4, -0.2) is 33.0 Å². The number of hydrogen-bond donors (Lipinski definition) is 1. The maximum atomic E-state index is 9.88. The van der Waals surface area contributed by atoms with E-state index in [4.69, 9.17) is 11.6 Å². The summed E-state index contributed by atoms with van der Waals surface area (Å²) in [4.78, 5) is 0. The maximum absolute atomic E-state index is 9.88. The highest BCUT2D eigenvalue weighted by Crippen LogP contribution is 2.21. The largest absolute Gasteiger partial charge is 0.393 e. The van der Waals surface area contributed by atoms with Gasteiger partial charge in [-0.25, -0.2) is 0 Å². The lowest BCUT2D eigenvalue weighted by Gasteiger charge is -2.10. The van der Waals surface area contributed by atoms with E-state index < -0.39 is 0 Å². The summed E-state index contributed by atoms with van der Waals surface area (Å²) in [7, 11) is 1.86. The Bertz CT molecular complexity index is 341. The first-order valence-electron chi connectivity index (χ1n) is 5.41. The Labute approximate surface area is 106 Å². The molecule has 1 heterocycles. The molecular formula is C11H19ClN2OS. The fourth-order valence-corrected chi connectivity index (χ4v) is 2.38. The Morgan fingerprint density at radius 1 is 1.56 bits per heavy atom. The van der Waals surface area contributed by atoms with Crippen molar-refractivity contribution in [2.24, 2.45) is 7.05 Å². The summed E-state index contributed by atoms with van der Waals surface area (Å²) >= 11 is 7.93. The van der Waals surface area contributed by atoms with E-state index in [-0.39, 0.29) is 6.10 Å². The summed E-state index contributed by atoms with van der Waals surface area (Å²) in [5.41, 5.74) is 1.76. The minimum atomic E-state index is -0.320. The SMILES string of the molecule is CSCCCC(O)Cc1c(Cl)c(C)nn1C. The molecule has 0 radical (unpaired) electrons. The number of halogens is 1. The van der Waals surface area contributed by atoms with Crippen LogP contribution in [0.4, 0.5) is 0 Å². The van der Waals surface area contributed by atoms with E-state index in [1.807, 2.05) is 14.0 Å². The van der Waals surface area contributed by atoms with Crippen LogP contribution in [0.3, 0.4) is 0 Å². The molecule has 0 aliphatic carbocycles. The van der Waals surface area contributed by atoms with E-state index in [2.05, 4.69) is 11.4 Å². The van der Waals surface area contributed by atoms with E-state index in [1.54, 1.807) is 16.4 Å². The number of aliphatic hydroxyl groups is 1. The molecule has 1 atom stereocenters. The number of aryl methyl sites for hydroxylation is 2. The van der Waals surface area contributed by atoms with E-state index in [9.17, 15) is 5.11 Å². The van der Waals surface area contributed by atoms with Crippen molar-refractivity contribution in [3.8, 4) is 0 Å². The molecular weight excluding hydrogens is 244 g/mol. The van der Waals surface area contributed by atoms with Crippen molar-refractivity contribution in [3.05, 3.63) is 16.4 Å². The molecule has 0 aliphatic heterocycles. The zero-order valence-corrected chi connectivity index (χ0v) is 11.6. The Morgan fingerprint density at radius 3 is 2.75 bits per heavy atom. The highest BCUT2D eigenvalue weighted by molar-refractivity contribution is 7.98. The highest BCUT2D eigenvalue weighted by atomic mass is 35.5. The van der Waals surface area contributed by atoms with Crippen LogP contribution in [0.5, 0.6) is 0 Å². The van der Waals surface area contributed by atoms with Gasteiger partial charge in [-0.2, -0.15) is 16.9 Å². The van der Waals surface area contributed by atoms with Crippen molar-refractivity contribution in [2.75, 3.05) is 12.0 Å². The minimum absolute atomic E-state index is 0.320. The van der Waals surface area contributed by atoms with Gasteiger partial charge in [0.2, 0.25) is 0 Å². The number of aliphatic hydroxyl groups excluding tert-OH is 1. The standard InChI is InChI=1S/C11H19ClN2OS/c1-8-11(12)10(14(2)13-8)7-9(15)5-4-6-16-3/h9,15H,4-7H2,1-3H3. The Balaban J connectivity index is 2.52. The molecule has 0 saturated carbocycles. The zero-order valence-electron chi connectivity index (χ0n) is 10.0. The van der Waals surface area contributed by atoms with E-state index >= 15 is 0 Å². The lowest BCUT2D eigenvalue weighted by Crippen LogP contribution is -2.13. The summed E-state index contributed by atoms with van der Waals surface area (Å²) in [5, 5.41) is 14.8. The van der Waals surface area contributed by atoms with Gasteiger partial charge in [0.25, 0.3) is 0 Å². The predicted molar refractivity (Wildman–Crippen MR) is 70.3 cm³/mol. The first kappa shape index (κ1) is 13.9. The third kappa shape index (κ3) is 3.68. The van der Waals surface area contributed by atoms with Gasteiger partial charge in [-0.15, -0.1) is 0 Å². The van der Waals surface area contributed by atoms with Crippen molar-refractivity contribution in [1.82, 2.24) is 9.78 Å². The molecule has 0 amide bonds. The molecule has 1 aromatic heterocycles. The number of hydrogen-bond acceptors (Lipinski definition) is 3. The average molecular weight is 263 g/mol. The zero-order chi connectivity index (χ0) is 12.1. The van der Waals surface area contributed by atoms with Crippen LogP contribution in [0, 0.1) is 6.92 Å². The van der Waals surface area contributed by atoms with Crippen LogP contribution in [0.15, 0.2) is 0 Å². The molecule has 5 heteroatoms. The molecule has 1 rings (SSSR count). The molecule has 0 aliphatic rings. The summed E-state index contributed by atoms with van der Waals surface area (Å²) in [5.74, 6) is 1.09. The smallest absolute Gasteiger partial charge is 0.0847 e. The number of thioether (sulfide) groups is 1. The second-order valence-corrected chi connectivity index (χ2v) is 5.33. The van der Waals surface area contributed by atoms with Gasteiger partial charge in [-0.3, -0.25) is 4.68 Å². The predicted octanol–water partition coefficient (Wildman–Crippen LogP) is 2.43. The van der Waals surface area contributed by atoms with Crippen molar-refractivity contribution in [3.63, 3.8) is 0 Å². The van der Waals surface area contributed by atoms with Crippen LogP contribution >= 0.6 is 23.4 Å². The van der Waals surface area contributed by atoms with Crippen molar-refractivity contribution in [1.29, 1.82) is 0 Å². The van der Waals surface area contributed by atoms with Gasteiger partial charge in [-0.05, 0) is 31.8 Å². The quantitative estimate of drug-likeness (QED) is 0.801. The fourth-order valence-electron chi connectivity index (χ4n) is 1.69. The first-order chi connectivity index (χ1) is 7.56. The van der Waals surface area contributed by atoms with Crippen LogP contribution in [-0.2, 0) is 13.5 Å². The van der Waals surface area contributed by atoms with Gasteiger partial charge in [0, 0.05) is 13.5 Å². The fraction of sp³-hybridized carbons (Fsp3) is 0.727. The van der Waals surface area contributed by atoms with Crippen LogP contribution in [0.25, 0.3) is 0 Å². The number of aromatic nitrogens is 2. The third-order valence-corrected chi connectivity index (χ3v) is 3.76. The molecule has 0 bridgehead atoms. The average Bonchev–Trinajstić information content (AvgIpc) is 2.46. The van der Waals surface area contributed by atoms with Gasteiger partial charge in [0.15, 0.2) is 0 Å². The highest BCUT2D eigenvalue weighted by Gasteiger charge is 2.14. The van der Waals surface area contributed by atoms with Crippen molar-refractivity contribution < 1.29 is 5.11 Å². The molecule has 0 fully saturated rings. The molecule has 0 saturated heterocycles. The van der Waals surface area contributed by atoms with E-state index in [1.165, 1.54) is 0 Å². The van der Waals surface area contributed by atoms with Gasteiger partial charge < -0.3 is 5.11 Å². The van der Waals surface area contributed by atoms with Gasteiger partial charge >= 0.3 is 0 Å². The second kappa shape index (κ2) is 6.52. The summed E-state index contributed by atoms with van der Waals surface area (Å²) in [6.07, 6.45) is 4.20. The topological polar surface area (TPSA) is 38.1 Å². The van der Waals surface area contributed by atoms with Gasteiger partial charge in [0.05, 0.1) is 22.5 Å². The second-order valence-electron chi connectivity index (χ2n) is 3.96. The monoisotopic (exact) mass is 262 g/mol. The first-order valence-corrected chi connectivity index (χ1v) is 7.18. The lowest BCUT2D eigenvalue weighted by molar-refractivity contribution is 0.162. The van der Waals surface area contributed by atoms with Crippen LogP contribution < -0.4 is 0 Å². The summed E-state index contributed by atoms with van der Waals surface area (Å²) < 4.78 is 1.76. The van der Waals surface area contributed by atoms with E-state index in [0.717, 1.165) is 30.0 Å². The normalized spacial score (nSPS) is 13.1. The Hall–Kier alpha value is -0.190. The molecule has 1 aromatic rings. The molecule has 3 nitrogen and oxygen atoms in total. The number of nitrogens with zero attached hydrogens (tertiary/aromatic N) is 2. The van der Waals surface area contributed by atoms with E-state index in [0.29, 0.717) is 11.4 Å². The minimum Gasteiger partial charge on any atom is -0.393 e. The molecule has 16 heavy (non-hydrogen) atoms. The number of rotatable bonds is 6. The Morgan fingerprint density at radius 2 is 2.25 bits per heavy atom. The van der Waals surface area contributed by atoms with Gasteiger partial charge in [-0.1, -0.05) is 11.6 Å². The molecule has 1 unspecified atom stereocenters. The Kier molecular flexibility index (Phi) is 5.66. The van der Waals surface area contributed by atoms with Crippen LogP contribution in [0.1, 0.15) is 24.2 Å². The summed E-state index contributed by atoms with van der Waals surface area (Å²) in [6, 6.07) is 0. The lowest BCUT2D eigenvalue weighted by atomic mass is 10.1. The maximum Gasteiger partial charge on any atom is 0.0847 e. The molecule has 92 valence electrons. The molecule has 0 aromatic carbocycles. The van der Waals surface area contributed by atoms with Crippen LogP contribution in [0.2, 0.25) is 5.02 Å². The molecule has 0 spiro atoms. The summed E-state index contributed by atoms with van der Waals surface area (Å²) in [6.45, 7) is 1.88. The van der Waals surface area contributed by atoms with Crippen molar-refractivity contribution in [2.45, 2.75) is 32.3 Å². The molecule has 1 N–H and O–H groups in total. The van der Waals surface area contributed by atoms with Crippen molar-refractivity contribution >= 4 is 23.4 Å². The third-order valence-electron chi connectivity index (χ3n) is 2.58.